The molecule has 0 aliphatic rings. The van der Waals surface area contributed by atoms with Gasteiger partial charge in [-0.15, -0.1) is 0 Å². The van der Waals surface area contributed by atoms with Crippen LogP contribution in [0.1, 0.15) is 40.7 Å². The lowest BCUT2D eigenvalue weighted by Crippen LogP contribution is -2.37. The second kappa shape index (κ2) is 8.28. The molecule has 2 heteroatoms. The molecule has 104 valence electrons. The van der Waals surface area contributed by atoms with Crippen LogP contribution >= 0.6 is 0 Å². The molecule has 0 aliphatic heterocycles. The molecule has 0 heterocycles. The molecule has 0 fully saturated rings. The van der Waals surface area contributed by atoms with Gasteiger partial charge in [0, 0.05) is 0 Å². The van der Waals surface area contributed by atoms with Gasteiger partial charge in [-0.05, 0) is 17.4 Å². The van der Waals surface area contributed by atoms with Crippen LogP contribution in [0.15, 0.2) is 30.3 Å². The fraction of sp³-hybridized carbons (Fsp3) is 0.625. The first-order chi connectivity index (χ1) is 8.02. The molecule has 0 bridgehead atoms. The van der Waals surface area contributed by atoms with E-state index in [9.17, 15) is 5.11 Å². The molecular weight excluding hydrogens is 224 g/mol. The van der Waals surface area contributed by atoms with Crippen LogP contribution in [0.25, 0.3) is 0 Å². The summed E-state index contributed by atoms with van der Waals surface area (Å²) in [5, 5.41) is 10.1. The number of benzene rings is 1. The number of aliphatic hydroxyl groups excluding tert-OH is 1. The maximum Gasteiger partial charge on any atom is 0.0863 e. The van der Waals surface area contributed by atoms with Crippen LogP contribution in [0.2, 0.25) is 0 Å². The molecule has 1 aromatic carbocycles. The summed E-state index contributed by atoms with van der Waals surface area (Å²) in [6.45, 7) is 8.77. The van der Waals surface area contributed by atoms with Crippen molar-refractivity contribution in [2.45, 2.75) is 53.9 Å². The topological polar surface area (TPSA) is 29.5 Å². The average Bonchev–Trinajstić information content (AvgIpc) is 2.29. The monoisotopic (exact) mass is 252 g/mol. The highest BCUT2D eigenvalue weighted by atomic mass is 16.5. The van der Waals surface area contributed by atoms with Gasteiger partial charge in [0.2, 0.25) is 0 Å². The van der Waals surface area contributed by atoms with Crippen LogP contribution in [0.3, 0.4) is 0 Å². The fourth-order valence-electron chi connectivity index (χ4n) is 1.83. The second-order valence-corrected chi connectivity index (χ2v) is 5.24. The first-order valence-electron chi connectivity index (χ1n) is 6.36. The number of rotatable bonds is 6. The Kier molecular flexibility index (Phi) is 7.88. The first-order valence-corrected chi connectivity index (χ1v) is 6.36. The third kappa shape index (κ3) is 5.19. The first kappa shape index (κ1) is 17.1. The van der Waals surface area contributed by atoms with E-state index >= 15 is 0 Å². The van der Waals surface area contributed by atoms with Crippen molar-refractivity contribution in [1.82, 2.24) is 0 Å². The summed E-state index contributed by atoms with van der Waals surface area (Å²) in [6.07, 6.45) is -0.506. The number of ether oxygens (including phenoxy) is 1. The van der Waals surface area contributed by atoms with Crippen molar-refractivity contribution >= 4 is 0 Å². The Bertz CT molecular complexity index is 306. The van der Waals surface area contributed by atoms with Gasteiger partial charge in [0.1, 0.15) is 0 Å². The molecule has 0 radical (unpaired) electrons. The summed E-state index contributed by atoms with van der Waals surface area (Å²) in [5.74, 6) is 0.536. The Labute approximate surface area is 112 Å². The highest BCUT2D eigenvalue weighted by Gasteiger charge is 2.25. The van der Waals surface area contributed by atoms with Crippen molar-refractivity contribution in [2.24, 2.45) is 11.8 Å². The van der Waals surface area contributed by atoms with Crippen molar-refractivity contribution < 1.29 is 9.84 Å². The summed E-state index contributed by atoms with van der Waals surface area (Å²) < 4.78 is 5.86. The molecule has 2 atom stereocenters. The minimum atomic E-state index is -0.404. The van der Waals surface area contributed by atoms with Crippen molar-refractivity contribution in [3.05, 3.63) is 35.9 Å². The van der Waals surface area contributed by atoms with Gasteiger partial charge >= 0.3 is 0 Å². The van der Waals surface area contributed by atoms with Gasteiger partial charge in [0.05, 0.1) is 18.8 Å². The van der Waals surface area contributed by atoms with Gasteiger partial charge in [0.15, 0.2) is 0 Å². The molecule has 1 rings (SSSR count). The van der Waals surface area contributed by atoms with Crippen molar-refractivity contribution in [3.63, 3.8) is 0 Å². The lowest BCUT2D eigenvalue weighted by atomic mass is 9.94. The quantitative estimate of drug-likeness (QED) is 0.832. The molecule has 0 aromatic heterocycles. The van der Waals surface area contributed by atoms with E-state index in [0.29, 0.717) is 12.5 Å². The molecule has 1 N–H and O–H groups in total. The van der Waals surface area contributed by atoms with Crippen LogP contribution in [0, 0.1) is 11.8 Å². The van der Waals surface area contributed by atoms with E-state index in [2.05, 4.69) is 13.8 Å². The number of hydrogen-bond acceptors (Lipinski definition) is 2. The zero-order chi connectivity index (χ0) is 12.8. The van der Waals surface area contributed by atoms with E-state index in [-0.39, 0.29) is 19.4 Å². The summed E-state index contributed by atoms with van der Waals surface area (Å²) in [5.41, 5.74) is 1.15. The molecular formula is C16H28O2. The summed E-state index contributed by atoms with van der Waals surface area (Å²) in [4.78, 5) is 0. The average molecular weight is 252 g/mol. The third-order valence-electron chi connectivity index (χ3n) is 2.96. The zero-order valence-corrected chi connectivity index (χ0v) is 11.3. The largest absolute Gasteiger partial charge is 0.390 e. The third-order valence-corrected chi connectivity index (χ3v) is 2.96. The lowest BCUT2D eigenvalue weighted by molar-refractivity contribution is -0.0853. The van der Waals surface area contributed by atoms with Gasteiger partial charge in [-0.2, -0.15) is 0 Å². The van der Waals surface area contributed by atoms with Crippen LogP contribution < -0.4 is 0 Å². The Balaban J connectivity index is 0.00000289. The smallest absolute Gasteiger partial charge is 0.0863 e. The molecule has 0 saturated carbocycles. The molecule has 0 spiro atoms. The van der Waals surface area contributed by atoms with E-state index in [0.717, 1.165) is 5.56 Å². The van der Waals surface area contributed by atoms with Crippen molar-refractivity contribution in [1.29, 1.82) is 0 Å². The zero-order valence-electron chi connectivity index (χ0n) is 11.3. The fourth-order valence-corrected chi connectivity index (χ4v) is 1.83. The highest BCUT2D eigenvalue weighted by molar-refractivity contribution is 5.13. The minimum Gasteiger partial charge on any atom is -0.390 e. The van der Waals surface area contributed by atoms with Gasteiger partial charge in [-0.3, -0.25) is 0 Å². The molecule has 0 saturated heterocycles. The van der Waals surface area contributed by atoms with E-state index in [1.807, 2.05) is 44.2 Å². The van der Waals surface area contributed by atoms with E-state index in [4.69, 9.17) is 4.74 Å². The molecule has 0 amide bonds. The lowest BCUT2D eigenvalue weighted by Gasteiger charge is -2.29. The van der Waals surface area contributed by atoms with Gasteiger partial charge in [-0.1, -0.05) is 65.5 Å². The van der Waals surface area contributed by atoms with Crippen LogP contribution in [0.5, 0.6) is 0 Å². The summed E-state index contributed by atoms with van der Waals surface area (Å²) >= 11 is 0. The number of aliphatic hydroxyl groups is 1. The number of hydrogen-bond donors (Lipinski definition) is 1. The van der Waals surface area contributed by atoms with E-state index in [1.54, 1.807) is 0 Å². The maximum atomic E-state index is 10.1. The molecule has 0 aliphatic carbocycles. The van der Waals surface area contributed by atoms with Gasteiger partial charge < -0.3 is 9.84 Å². The second-order valence-electron chi connectivity index (χ2n) is 5.24. The van der Waals surface area contributed by atoms with Gasteiger partial charge in [0.25, 0.3) is 0 Å². The molecule has 2 nitrogen and oxygen atoms in total. The Morgan fingerprint density at radius 2 is 1.56 bits per heavy atom. The normalized spacial score (nSPS) is 14.4. The Hall–Kier alpha value is -0.860. The minimum absolute atomic E-state index is 0. The highest BCUT2D eigenvalue weighted by Crippen LogP contribution is 2.19. The summed E-state index contributed by atoms with van der Waals surface area (Å²) in [7, 11) is 0. The van der Waals surface area contributed by atoms with Gasteiger partial charge in [-0.25, -0.2) is 0 Å². The summed E-state index contributed by atoms with van der Waals surface area (Å²) in [6, 6.07) is 10.1. The standard InChI is InChI=1S/C15H24O2.CH4/c1-11(2)14(16)15(12(3)4)17-10-13-8-6-5-7-9-13;/h5-9,11-12,14-16H,10H2,1-4H3;1H4/t14-,15+;/m1./s1. The Morgan fingerprint density at radius 1 is 1.00 bits per heavy atom. The maximum absolute atomic E-state index is 10.1. The van der Waals surface area contributed by atoms with E-state index < -0.39 is 6.10 Å². The van der Waals surface area contributed by atoms with Crippen molar-refractivity contribution in [3.8, 4) is 0 Å². The molecule has 18 heavy (non-hydrogen) atoms. The Morgan fingerprint density at radius 3 is 2.00 bits per heavy atom. The molecule has 0 unspecified atom stereocenters. The predicted octanol–water partition coefficient (Wildman–Crippen LogP) is 3.88. The van der Waals surface area contributed by atoms with Crippen LogP contribution in [-0.4, -0.2) is 17.3 Å². The SMILES string of the molecule is C.CC(C)[C@@H](O)[C@@H](OCc1ccccc1)C(C)C. The van der Waals surface area contributed by atoms with E-state index in [1.165, 1.54) is 0 Å². The van der Waals surface area contributed by atoms with Crippen LogP contribution in [-0.2, 0) is 11.3 Å². The van der Waals surface area contributed by atoms with Crippen molar-refractivity contribution in [2.75, 3.05) is 0 Å². The predicted molar refractivity (Wildman–Crippen MR) is 77.4 cm³/mol. The van der Waals surface area contributed by atoms with Crippen LogP contribution in [0.4, 0.5) is 0 Å². The molecule has 1 aromatic rings.